The van der Waals surface area contributed by atoms with Gasteiger partial charge in [0.15, 0.2) is 16.7 Å². The molecule has 4 aromatic rings. The van der Waals surface area contributed by atoms with Crippen molar-refractivity contribution in [1.82, 2.24) is 14.8 Å². The van der Waals surface area contributed by atoms with Crippen LogP contribution in [0.25, 0.3) is 11.6 Å². The van der Waals surface area contributed by atoms with Gasteiger partial charge in [-0.1, -0.05) is 59.8 Å². The van der Waals surface area contributed by atoms with Gasteiger partial charge in [-0.15, -0.1) is 10.2 Å². The van der Waals surface area contributed by atoms with Crippen molar-refractivity contribution >= 4 is 35.0 Å². The first kappa shape index (κ1) is 20.3. The fourth-order valence-electron chi connectivity index (χ4n) is 2.92. The number of rotatable bonds is 6. The fourth-order valence-corrected chi connectivity index (χ4v) is 4.11. The molecular formula is C22H19ClN4O2S. The summed E-state index contributed by atoms with van der Waals surface area (Å²) in [4.78, 5) is 13.2. The Morgan fingerprint density at radius 2 is 1.93 bits per heavy atom. The van der Waals surface area contributed by atoms with Crippen LogP contribution in [0.2, 0.25) is 5.02 Å². The molecule has 4 rings (SSSR count). The van der Waals surface area contributed by atoms with Crippen LogP contribution in [0.1, 0.15) is 16.4 Å². The number of hydrogen-bond acceptors (Lipinski definition) is 5. The average Bonchev–Trinajstić information content (AvgIpc) is 3.39. The van der Waals surface area contributed by atoms with Crippen molar-refractivity contribution in [3.05, 3.63) is 83.1 Å². The van der Waals surface area contributed by atoms with Gasteiger partial charge in [0, 0.05) is 17.8 Å². The van der Waals surface area contributed by atoms with Gasteiger partial charge in [-0.05, 0) is 42.3 Å². The lowest BCUT2D eigenvalue weighted by Crippen LogP contribution is -2.19. The van der Waals surface area contributed by atoms with Gasteiger partial charge >= 0.3 is 0 Å². The highest BCUT2D eigenvalue weighted by atomic mass is 35.5. The Morgan fingerprint density at radius 3 is 2.63 bits per heavy atom. The van der Waals surface area contributed by atoms with Crippen LogP contribution in [0.3, 0.4) is 0 Å². The van der Waals surface area contributed by atoms with Crippen molar-refractivity contribution in [3.8, 4) is 11.6 Å². The minimum Gasteiger partial charge on any atom is -0.461 e. The highest BCUT2D eigenvalue weighted by molar-refractivity contribution is 8.00. The molecule has 0 saturated carbocycles. The summed E-state index contributed by atoms with van der Waals surface area (Å²) in [6.45, 7) is 1.92. The molecule has 152 valence electrons. The quantitative estimate of drug-likeness (QED) is 0.402. The maximum absolute atomic E-state index is 13.2. The van der Waals surface area contributed by atoms with E-state index < -0.39 is 5.25 Å². The van der Waals surface area contributed by atoms with E-state index in [1.807, 2.05) is 67.1 Å². The minimum absolute atomic E-state index is 0.173. The summed E-state index contributed by atoms with van der Waals surface area (Å²) in [5.74, 6) is 1.04. The van der Waals surface area contributed by atoms with Crippen LogP contribution in [-0.4, -0.2) is 20.7 Å². The average molecular weight is 439 g/mol. The molecule has 0 unspecified atom stereocenters. The molecular weight excluding hydrogens is 420 g/mol. The summed E-state index contributed by atoms with van der Waals surface area (Å²) in [7, 11) is 1.85. The molecule has 1 atom stereocenters. The van der Waals surface area contributed by atoms with E-state index in [1.165, 1.54) is 11.8 Å². The molecule has 0 bridgehead atoms. The topological polar surface area (TPSA) is 73.0 Å². The zero-order valence-corrected chi connectivity index (χ0v) is 17.9. The number of benzene rings is 2. The molecule has 2 aromatic heterocycles. The Labute approximate surface area is 183 Å². The number of aryl methyl sites for hydroxylation is 1. The number of nitrogens with zero attached hydrogens (tertiary/aromatic N) is 3. The zero-order valence-electron chi connectivity index (χ0n) is 16.4. The molecule has 0 saturated heterocycles. The zero-order chi connectivity index (χ0) is 21.1. The van der Waals surface area contributed by atoms with E-state index in [-0.39, 0.29) is 5.91 Å². The summed E-state index contributed by atoms with van der Waals surface area (Å²) in [5.41, 5.74) is 2.46. The number of thioether (sulfide) groups is 1. The molecule has 0 spiro atoms. The molecule has 2 heterocycles. The Bertz CT molecular complexity index is 1160. The van der Waals surface area contributed by atoms with Gasteiger partial charge in [0.05, 0.1) is 6.26 Å². The Balaban J connectivity index is 1.62. The number of anilines is 1. The van der Waals surface area contributed by atoms with Crippen LogP contribution in [-0.2, 0) is 11.8 Å². The molecule has 0 aliphatic heterocycles. The molecule has 6 nitrogen and oxygen atoms in total. The smallest absolute Gasteiger partial charge is 0.242 e. The SMILES string of the molecule is Cc1ccc(NC(=O)[C@H](Sc2nnc(-c3ccco3)n2C)c2ccccc2)cc1Cl. The predicted octanol–water partition coefficient (Wildman–Crippen LogP) is 5.51. The lowest BCUT2D eigenvalue weighted by molar-refractivity contribution is -0.115. The minimum atomic E-state index is -0.529. The second kappa shape index (κ2) is 8.77. The first-order valence-corrected chi connectivity index (χ1v) is 10.5. The normalized spacial score (nSPS) is 12.0. The summed E-state index contributed by atoms with van der Waals surface area (Å²) >= 11 is 7.53. The number of aromatic nitrogens is 3. The maximum Gasteiger partial charge on any atom is 0.242 e. The number of furan rings is 1. The standard InChI is InChI=1S/C22H19ClN4O2S/c1-14-10-11-16(13-17(14)23)24-21(28)19(15-7-4-3-5-8-15)30-22-26-25-20(27(22)2)18-9-6-12-29-18/h3-13,19H,1-2H3,(H,24,28)/t19-/m1/s1. The van der Waals surface area contributed by atoms with E-state index in [4.69, 9.17) is 16.0 Å². The lowest BCUT2D eigenvalue weighted by atomic mass is 10.1. The van der Waals surface area contributed by atoms with E-state index in [0.29, 0.717) is 27.5 Å². The van der Waals surface area contributed by atoms with Gasteiger partial charge in [-0.2, -0.15) is 0 Å². The van der Waals surface area contributed by atoms with Crippen molar-refractivity contribution in [2.45, 2.75) is 17.3 Å². The maximum atomic E-state index is 13.2. The molecule has 1 N–H and O–H groups in total. The molecule has 2 aromatic carbocycles. The van der Waals surface area contributed by atoms with Crippen LogP contribution in [0, 0.1) is 6.92 Å². The van der Waals surface area contributed by atoms with Crippen LogP contribution >= 0.6 is 23.4 Å². The number of amides is 1. The van der Waals surface area contributed by atoms with E-state index in [2.05, 4.69) is 15.5 Å². The summed E-state index contributed by atoms with van der Waals surface area (Å²) in [6, 6.07) is 18.6. The van der Waals surface area contributed by atoms with Gasteiger partial charge in [-0.3, -0.25) is 4.79 Å². The number of nitrogens with one attached hydrogen (secondary N) is 1. The van der Waals surface area contributed by atoms with Crippen molar-refractivity contribution in [2.24, 2.45) is 7.05 Å². The third kappa shape index (κ3) is 4.27. The van der Waals surface area contributed by atoms with Gasteiger partial charge < -0.3 is 14.3 Å². The first-order valence-electron chi connectivity index (χ1n) is 9.25. The molecule has 0 fully saturated rings. The van der Waals surface area contributed by atoms with E-state index in [0.717, 1.165) is 11.1 Å². The predicted molar refractivity (Wildman–Crippen MR) is 119 cm³/mol. The van der Waals surface area contributed by atoms with Gasteiger partial charge in [0.1, 0.15) is 5.25 Å². The third-order valence-corrected chi connectivity index (χ3v) is 6.28. The van der Waals surface area contributed by atoms with Crippen molar-refractivity contribution < 1.29 is 9.21 Å². The Kier molecular flexibility index (Phi) is 5.92. The third-order valence-electron chi connectivity index (χ3n) is 4.58. The van der Waals surface area contributed by atoms with Crippen molar-refractivity contribution in [1.29, 1.82) is 0 Å². The number of hydrogen-bond donors (Lipinski definition) is 1. The second-order valence-corrected chi connectivity index (χ2v) is 8.18. The highest BCUT2D eigenvalue weighted by Gasteiger charge is 2.26. The van der Waals surface area contributed by atoms with Crippen molar-refractivity contribution in [2.75, 3.05) is 5.32 Å². The monoisotopic (exact) mass is 438 g/mol. The summed E-state index contributed by atoms with van der Waals surface area (Å²) < 4.78 is 7.24. The molecule has 8 heteroatoms. The van der Waals surface area contributed by atoms with Crippen LogP contribution in [0.5, 0.6) is 0 Å². The lowest BCUT2D eigenvalue weighted by Gasteiger charge is -2.17. The van der Waals surface area contributed by atoms with Crippen molar-refractivity contribution in [3.63, 3.8) is 0 Å². The van der Waals surface area contributed by atoms with Crippen LogP contribution in [0.4, 0.5) is 5.69 Å². The van der Waals surface area contributed by atoms with Crippen LogP contribution in [0.15, 0.2) is 76.5 Å². The molecule has 1 amide bonds. The molecule has 0 radical (unpaired) electrons. The number of carbonyl (C=O) groups excluding carboxylic acids is 1. The van der Waals surface area contributed by atoms with Gasteiger partial charge in [-0.25, -0.2) is 0 Å². The summed E-state index contributed by atoms with van der Waals surface area (Å²) in [6.07, 6.45) is 1.59. The fraction of sp³-hybridized carbons (Fsp3) is 0.136. The first-order chi connectivity index (χ1) is 14.5. The van der Waals surface area contributed by atoms with Gasteiger partial charge in [0.2, 0.25) is 5.91 Å². The van der Waals surface area contributed by atoms with E-state index in [9.17, 15) is 4.79 Å². The Morgan fingerprint density at radius 1 is 1.13 bits per heavy atom. The summed E-state index contributed by atoms with van der Waals surface area (Å²) in [5, 5.41) is 12.1. The highest BCUT2D eigenvalue weighted by Crippen LogP contribution is 2.36. The van der Waals surface area contributed by atoms with Crippen LogP contribution < -0.4 is 5.32 Å². The number of carbonyl (C=O) groups is 1. The second-order valence-electron chi connectivity index (χ2n) is 6.70. The van der Waals surface area contributed by atoms with E-state index in [1.54, 1.807) is 18.4 Å². The molecule has 0 aliphatic carbocycles. The Hall–Kier alpha value is -3.03. The van der Waals surface area contributed by atoms with E-state index >= 15 is 0 Å². The molecule has 30 heavy (non-hydrogen) atoms. The largest absolute Gasteiger partial charge is 0.461 e. The van der Waals surface area contributed by atoms with Gasteiger partial charge in [0.25, 0.3) is 0 Å². The number of halogens is 1. The molecule has 0 aliphatic rings.